The molecule has 0 unspecified atom stereocenters. The van der Waals surface area contributed by atoms with Crippen LogP contribution in [0.2, 0.25) is 0 Å². The average Bonchev–Trinajstić information content (AvgIpc) is 3.07. The number of aliphatic hydroxyl groups excluding tert-OH is 1. The van der Waals surface area contributed by atoms with Crippen LogP contribution in [0.5, 0.6) is 0 Å². The number of hydrogen-bond acceptors (Lipinski definition) is 6. The lowest BCUT2D eigenvalue weighted by Crippen LogP contribution is -2.41. The van der Waals surface area contributed by atoms with Gasteiger partial charge in [-0.3, -0.25) is 4.90 Å². The molecular weight excluding hydrogens is 242 g/mol. The van der Waals surface area contributed by atoms with E-state index in [0.29, 0.717) is 24.6 Å². The topological polar surface area (TPSA) is 76.3 Å². The normalized spacial score (nSPS) is 27.7. The molecule has 6 heteroatoms. The first kappa shape index (κ1) is 12.3. The van der Waals surface area contributed by atoms with Crippen LogP contribution in [0.1, 0.15) is 18.5 Å². The highest BCUT2D eigenvalue weighted by Gasteiger charge is 2.37. The third-order valence-corrected chi connectivity index (χ3v) is 3.95. The molecular formula is C13H17N5O. The van der Waals surface area contributed by atoms with Crippen LogP contribution >= 0.6 is 0 Å². The van der Waals surface area contributed by atoms with Crippen molar-refractivity contribution in [3.63, 3.8) is 0 Å². The van der Waals surface area contributed by atoms with E-state index in [1.165, 1.54) is 19.0 Å². The van der Waals surface area contributed by atoms with Gasteiger partial charge in [-0.05, 0) is 25.9 Å². The van der Waals surface area contributed by atoms with Crippen molar-refractivity contribution < 1.29 is 5.11 Å². The highest BCUT2D eigenvalue weighted by Crippen LogP contribution is 2.25. The maximum absolute atomic E-state index is 10.2. The van der Waals surface area contributed by atoms with Gasteiger partial charge in [0.2, 0.25) is 0 Å². The van der Waals surface area contributed by atoms with Gasteiger partial charge < -0.3 is 10.0 Å². The predicted molar refractivity (Wildman–Crippen MR) is 69.6 cm³/mol. The molecule has 1 aromatic heterocycles. The molecule has 0 saturated carbocycles. The fourth-order valence-electron chi connectivity index (χ4n) is 3.02. The summed E-state index contributed by atoms with van der Waals surface area (Å²) in [7, 11) is 0. The Bertz CT molecular complexity index is 494. The van der Waals surface area contributed by atoms with Crippen LogP contribution in [-0.2, 0) is 0 Å². The Morgan fingerprint density at radius 2 is 1.95 bits per heavy atom. The Morgan fingerprint density at radius 1 is 1.21 bits per heavy atom. The number of nitriles is 1. The summed E-state index contributed by atoms with van der Waals surface area (Å²) >= 11 is 0. The lowest BCUT2D eigenvalue weighted by molar-refractivity contribution is 0.0986. The molecule has 2 fully saturated rings. The number of aliphatic hydroxyl groups is 1. The number of β-amino-alcohol motifs (C(OH)–C–C–N with tert-alkyl or cyclic N) is 1. The molecule has 6 nitrogen and oxygen atoms in total. The maximum Gasteiger partial charge on any atom is 0.183 e. The maximum atomic E-state index is 10.2. The minimum Gasteiger partial charge on any atom is -0.390 e. The summed E-state index contributed by atoms with van der Waals surface area (Å²) in [4.78, 5) is 12.6. The van der Waals surface area contributed by atoms with Crippen molar-refractivity contribution in [1.29, 1.82) is 5.26 Å². The highest BCUT2D eigenvalue weighted by atomic mass is 16.3. The van der Waals surface area contributed by atoms with Crippen LogP contribution < -0.4 is 4.90 Å². The first-order valence-electron chi connectivity index (χ1n) is 6.68. The van der Waals surface area contributed by atoms with Crippen molar-refractivity contribution in [2.45, 2.75) is 25.0 Å². The highest BCUT2D eigenvalue weighted by molar-refractivity contribution is 5.50. The third-order valence-electron chi connectivity index (χ3n) is 3.95. The second-order valence-electron chi connectivity index (χ2n) is 5.12. The van der Waals surface area contributed by atoms with E-state index in [1.54, 1.807) is 6.20 Å². The number of aromatic nitrogens is 2. The van der Waals surface area contributed by atoms with Crippen molar-refractivity contribution in [1.82, 2.24) is 14.9 Å². The van der Waals surface area contributed by atoms with Gasteiger partial charge in [-0.15, -0.1) is 0 Å². The summed E-state index contributed by atoms with van der Waals surface area (Å²) in [5, 5.41) is 19.3. The quantitative estimate of drug-likeness (QED) is 0.805. The zero-order chi connectivity index (χ0) is 13.2. The largest absolute Gasteiger partial charge is 0.390 e. The van der Waals surface area contributed by atoms with Gasteiger partial charge in [0.1, 0.15) is 6.07 Å². The Hall–Kier alpha value is -1.71. The van der Waals surface area contributed by atoms with E-state index >= 15 is 0 Å². The summed E-state index contributed by atoms with van der Waals surface area (Å²) in [5.74, 6) is 0.589. The van der Waals surface area contributed by atoms with Crippen LogP contribution in [0.4, 0.5) is 5.82 Å². The molecule has 0 radical (unpaired) electrons. The fourth-order valence-corrected chi connectivity index (χ4v) is 3.02. The van der Waals surface area contributed by atoms with Crippen LogP contribution in [0, 0.1) is 11.3 Å². The molecule has 1 N–H and O–H groups in total. The number of rotatable bonds is 2. The lowest BCUT2D eigenvalue weighted by Gasteiger charge is -2.25. The minimum absolute atomic E-state index is 0.149. The minimum atomic E-state index is -0.383. The van der Waals surface area contributed by atoms with Gasteiger partial charge in [-0.2, -0.15) is 5.26 Å². The van der Waals surface area contributed by atoms with Gasteiger partial charge >= 0.3 is 0 Å². The molecule has 1 aromatic rings. The summed E-state index contributed by atoms with van der Waals surface area (Å²) in [6, 6.07) is 2.21. The average molecular weight is 259 g/mol. The van der Waals surface area contributed by atoms with Gasteiger partial charge in [0, 0.05) is 25.5 Å². The van der Waals surface area contributed by atoms with Crippen LogP contribution in [-0.4, -0.2) is 58.3 Å². The SMILES string of the molecule is N#Cc1nccnc1N1C[C@H](O)[C@@H](N2CCCC2)C1. The van der Waals surface area contributed by atoms with E-state index in [0.717, 1.165) is 13.1 Å². The van der Waals surface area contributed by atoms with Gasteiger partial charge in [-0.1, -0.05) is 0 Å². The van der Waals surface area contributed by atoms with E-state index in [9.17, 15) is 5.11 Å². The second kappa shape index (κ2) is 5.11. The summed E-state index contributed by atoms with van der Waals surface area (Å²) in [5.41, 5.74) is 0.330. The van der Waals surface area contributed by atoms with Crippen LogP contribution in [0.15, 0.2) is 12.4 Å². The zero-order valence-electron chi connectivity index (χ0n) is 10.7. The molecule has 0 aliphatic carbocycles. The van der Waals surface area contributed by atoms with Crippen molar-refractivity contribution in [3.8, 4) is 6.07 Å². The van der Waals surface area contributed by atoms with Gasteiger partial charge in [0.05, 0.1) is 12.1 Å². The Kier molecular flexibility index (Phi) is 3.32. The lowest BCUT2D eigenvalue weighted by atomic mass is 10.2. The fraction of sp³-hybridized carbons (Fsp3) is 0.615. The summed E-state index contributed by atoms with van der Waals surface area (Å²) < 4.78 is 0. The first-order chi connectivity index (χ1) is 9.29. The number of nitrogens with zero attached hydrogens (tertiary/aromatic N) is 5. The van der Waals surface area contributed by atoms with E-state index in [2.05, 4.69) is 20.9 Å². The number of anilines is 1. The van der Waals surface area contributed by atoms with Gasteiger partial charge in [0.25, 0.3) is 0 Å². The molecule has 3 rings (SSSR count). The van der Waals surface area contributed by atoms with Crippen LogP contribution in [0.25, 0.3) is 0 Å². The Morgan fingerprint density at radius 3 is 2.68 bits per heavy atom. The summed E-state index contributed by atoms with van der Waals surface area (Å²) in [6.45, 7) is 3.35. The van der Waals surface area contributed by atoms with Crippen molar-refractivity contribution in [3.05, 3.63) is 18.1 Å². The second-order valence-corrected chi connectivity index (χ2v) is 5.12. The molecule has 0 spiro atoms. The molecule has 2 aliphatic heterocycles. The number of likely N-dealkylation sites (tertiary alicyclic amines) is 1. The monoisotopic (exact) mass is 259 g/mol. The summed E-state index contributed by atoms with van der Waals surface area (Å²) in [6.07, 6.45) is 5.14. The molecule has 2 atom stereocenters. The molecule has 0 amide bonds. The molecule has 3 heterocycles. The van der Waals surface area contributed by atoms with E-state index in [1.807, 2.05) is 4.90 Å². The van der Waals surface area contributed by atoms with Crippen molar-refractivity contribution in [2.75, 3.05) is 31.1 Å². The van der Waals surface area contributed by atoms with Crippen molar-refractivity contribution in [2.24, 2.45) is 0 Å². The molecule has 2 saturated heterocycles. The Balaban J connectivity index is 1.79. The first-order valence-corrected chi connectivity index (χ1v) is 6.68. The molecule has 100 valence electrons. The predicted octanol–water partition coefficient (Wildman–Crippen LogP) is -0.00642. The molecule has 0 bridgehead atoms. The zero-order valence-corrected chi connectivity index (χ0v) is 10.7. The van der Waals surface area contributed by atoms with Gasteiger partial charge in [0.15, 0.2) is 11.5 Å². The molecule has 2 aliphatic rings. The van der Waals surface area contributed by atoms with E-state index < -0.39 is 0 Å². The standard InChI is InChI=1S/C13H17N5O/c14-7-10-13(16-4-3-15-10)18-8-11(12(19)9-18)17-5-1-2-6-17/h3-4,11-12,19H,1-2,5-6,8-9H2/t11-,12-/m0/s1. The smallest absolute Gasteiger partial charge is 0.183 e. The molecule has 19 heavy (non-hydrogen) atoms. The third kappa shape index (κ3) is 2.27. The molecule has 0 aromatic carbocycles. The number of hydrogen-bond donors (Lipinski definition) is 1. The van der Waals surface area contributed by atoms with E-state index in [-0.39, 0.29) is 12.1 Å². The Labute approximate surface area is 112 Å². The van der Waals surface area contributed by atoms with E-state index in [4.69, 9.17) is 5.26 Å². The van der Waals surface area contributed by atoms with Gasteiger partial charge in [-0.25, -0.2) is 9.97 Å². The van der Waals surface area contributed by atoms with Crippen molar-refractivity contribution >= 4 is 5.82 Å². The van der Waals surface area contributed by atoms with Crippen LogP contribution in [0.3, 0.4) is 0 Å².